The average molecular weight is 277 g/mol. The molecule has 0 radical (unpaired) electrons. The highest BCUT2D eigenvalue weighted by atomic mass is 32.1. The topological polar surface area (TPSA) is 30.5 Å². The molecule has 4 heteroatoms. The van der Waals surface area contributed by atoms with Crippen molar-refractivity contribution in [2.75, 3.05) is 13.7 Å². The Labute approximate surface area is 118 Å². The third-order valence-corrected chi connectivity index (χ3v) is 3.54. The molecule has 2 aromatic rings. The van der Waals surface area contributed by atoms with Crippen LogP contribution in [0.5, 0.6) is 11.5 Å². The molecule has 19 heavy (non-hydrogen) atoms. The lowest BCUT2D eigenvalue weighted by Gasteiger charge is -2.13. The number of benzene rings is 1. The summed E-state index contributed by atoms with van der Waals surface area (Å²) < 4.78 is 11.1. The van der Waals surface area contributed by atoms with Gasteiger partial charge in [-0.05, 0) is 47.1 Å². The molecule has 0 aliphatic rings. The van der Waals surface area contributed by atoms with Crippen LogP contribution in [0.25, 0.3) is 0 Å². The van der Waals surface area contributed by atoms with Gasteiger partial charge in [-0.15, -0.1) is 0 Å². The van der Waals surface area contributed by atoms with Crippen molar-refractivity contribution in [3.63, 3.8) is 0 Å². The fraction of sp³-hybridized carbons (Fsp3) is 0.333. The number of rotatable bonds is 7. The maximum atomic E-state index is 5.89. The Morgan fingerprint density at radius 2 is 2.16 bits per heavy atom. The van der Waals surface area contributed by atoms with Crippen molar-refractivity contribution in [2.24, 2.45) is 0 Å². The second kappa shape index (κ2) is 7.16. The molecule has 0 unspecified atom stereocenters. The summed E-state index contributed by atoms with van der Waals surface area (Å²) in [7, 11) is 1.68. The predicted molar refractivity (Wildman–Crippen MR) is 79.0 cm³/mol. The highest BCUT2D eigenvalue weighted by Gasteiger charge is 2.06. The van der Waals surface area contributed by atoms with E-state index in [4.69, 9.17) is 9.47 Å². The predicted octanol–water partition coefficient (Wildman–Crippen LogP) is 3.45. The van der Waals surface area contributed by atoms with E-state index in [2.05, 4.69) is 29.1 Å². The van der Waals surface area contributed by atoms with Gasteiger partial charge in [0.15, 0.2) is 0 Å². The quantitative estimate of drug-likeness (QED) is 0.841. The van der Waals surface area contributed by atoms with Crippen LogP contribution in [0.2, 0.25) is 0 Å². The SMILES string of the molecule is CCNCc1cc(OC)ccc1OCc1ccsc1. The zero-order valence-corrected chi connectivity index (χ0v) is 12.1. The van der Waals surface area contributed by atoms with Crippen molar-refractivity contribution >= 4 is 11.3 Å². The van der Waals surface area contributed by atoms with E-state index in [0.29, 0.717) is 6.61 Å². The zero-order valence-electron chi connectivity index (χ0n) is 11.3. The van der Waals surface area contributed by atoms with Gasteiger partial charge in [0, 0.05) is 12.1 Å². The molecule has 0 spiro atoms. The normalized spacial score (nSPS) is 10.4. The fourth-order valence-electron chi connectivity index (χ4n) is 1.76. The molecule has 2 rings (SSSR count). The number of hydrogen-bond donors (Lipinski definition) is 1. The summed E-state index contributed by atoms with van der Waals surface area (Å²) in [5.41, 5.74) is 2.33. The third-order valence-electron chi connectivity index (χ3n) is 2.81. The van der Waals surface area contributed by atoms with Gasteiger partial charge in [0.05, 0.1) is 7.11 Å². The molecule has 0 aliphatic heterocycles. The lowest BCUT2D eigenvalue weighted by molar-refractivity contribution is 0.302. The van der Waals surface area contributed by atoms with E-state index in [0.717, 1.165) is 30.2 Å². The summed E-state index contributed by atoms with van der Waals surface area (Å²) >= 11 is 1.69. The van der Waals surface area contributed by atoms with Crippen LogP contribution < -0.4 is 14.8 Å². The van der Waals surface area contributed by atoms with E-state index < -0.39 is 0 Å². The first kappa shape index (κ1) is 13.9. The summed E-state index contributed by atoms with van der Waals surface area (Å²) in [5.74, 6) is 1.77. The molecule has 0 saturated carbocycles. The van der Waals surface area contributed by atoms with E-state index >= 15 is 0 Å². The van der Waals surface area contributed by atoms with Crippen molar-refractivity contribution in [3.05, 3.63) is 46.2 Å². The highest BCUT2D eigenvalue weighted by molar-refractivity contribution is 7.07. The second-order valence-corrected chi connectivity index (χ2v) is 4.95. The van der Waals surface area contributed by atoms with Gasteiger partial charge >= 0.3 is 0 Å². The van der Waals surface area contributed by atoms with Crippen molar-refractivity contribution in [1.29, 1.82) is 0 Å². The minimum absolute atomic E-state index is 0.606. The van der Waals surface area contributed by atoms with Crippen LogP contribution in [0.1, 0.15) is 18.1 Å². The molecule has 0 aliphatic carbocycles. The molecule has 1 N–H and O–H groups in total. The Bertz CT molecular complexity index is 497. The van der Waals surface area contributed by atoms with Crippen molar-refractivity contribution in [1.82, 2.24) is 5.32 Å². The first-order valence-corrected chi connectivity index (χ1v) is 7.29. The van der Waals surface area contributed by atoms with E-state index in [-0.39, 0.29) is 0 Å². The Kier molecular flexibility index (Phi) is 5.24. The Balaban J connectivity index is 2.08. The average Bonchev–Trinajstić information content (AvgIpc) is 2.96. The number of nitrogens with one attached hydrogen (secondary N) is 1. The summed E-state index contributed by atoms with van der Waals surface area (Å²) in [6.45, 7) is 4.41. The Morgan fingerprint density at radius 3 is 2.84 bits per heavy atom. The summed E-state index contributed by atoms with van der Waals surface area (Å²) in [5, 5.41) is 7.48. The molecule has 0 bridgehead atoms. The van der Waals surface area contributed by atoms with Crippen LogP contribution in [0, 0.1) is 0 Å². The number of methoxy groups -OCH3 is 1. The van der Waals surface area contributed by atoms with Gasteiger partial charge in [-0.2, -0.15) is 11.3 Å². The van der Waals surface area contributed by atoms with Gasteiger partial charge in [-0.25, -0.2) is 0 Å². The summed E-state index contributed by atoms with van der Waals surface area (Å²) in [6, 6.07) is 8.00. The second-order valence-electron chi connectivity index (χ2n) is 4.17. The molecule has 1 aromatic carbocycles. The molecule has 3 nitrogen and oxygen atoms in total. The van der Waals surface area contributed by atoms with Crippen LogP contribution in [0.15, 0.2) is 35.0 Å². The highest BCUT2D eigenvalue weighted by Crippen LogP contribution is 2.25. The standard InChI is InChI=1S/C15H19NO2S/c1-3-16-9-13-8-14(17-2)4-5-15(13)18-10-12-6-7-19-11-12/h4-8,11,16H,3,9-10H2,1-2H3. The summed E-state index contributed by atoms with van der Waals surface area (Å²) in [6.07, 6.45) is 0. The number of ether oxygens (including phenoxy) is 2. The maximum Gasteiger partial charge on any atom is 0.124 e. The molecule has 1 aromatic heterocycles. The fourth-order valence-corrected chi connectivity index (χ4v) is 2.41. The monoisotopic (exact) mass is 277 g/mol. The number of thiophene rings is 1. The van der Waals surface area contributed by atoms with Gasteiger partial charge in [-0.1, -0.05) is 6.92 Å². The van der Waals surface area contributed by atoms with E-state index in [1.54, 1.807) is 18.4 Å². The van der Waals surface area contributed by atoms with E-state index in [9.17, 15) is 0 Å². The van der Waals surface area contributed by atoms with Crippen molar-refractivity contribution in [3.8, 4) is 11.5 Å². The molecular formula is C15H19NO2S. The van der Waals surface area contributed by atoms with Crippen LogP contribution in [0.3, 0.4) is 0 Å². The van der Waals surface area contributed by atoms with Crippen LogP contribution in [-0.2, 0) is 13.2 Å². The van der Waals surface area contributed by atoms with Gasteiger partial charge < -0.3 is 14.8 Å². The Hall–Kier alpha value is -1.52. The van der Waals surface area contributed by atoms with Gasteiger partial charge in [-0.3, -0.25) is 0 Å². The minimum Gasteiger partial charge on any atom is -0.497 e. The van der Waals surface area contributed by atoms with Gasteiger partial charge in [0.25, 0.3) is 0 Å². The van der Waals surface area contributed by atoms with E-state index in [1.807, 2.05) is 18.2 Å². The summed E-state index contributed by atoms with van der Waals surface area (Å²) in [4.78, 5) is 0. The van der Waals surface area contributed by atoms with Gasteiger partial charge in [0.1, 0.15) is 18.1 Å². The largest absolute Gasteiger partial charge is 0.497 e. The third kappa shape index (κ3) is 3.98. The molecule has 0 saturated heterocycles. The van der Waals surface area contributed by atoms with E-state index in [1.165, 1.54) is 5.56 Å². The smallest absolute Gasteiger partial charge is 0.124 e. The number of hydrogen-bond acceptors (Lipinski definition) is 4. The molecule has 0 amide bonds. The maximum absolute atomic E-state index is 5.89. The lowest BCUT2D eigenvalue weighted by atomic mass is 10.2. The first-order valence-electron chi connectivity index (χ1n) is 6.35. The van der Waals surface area contributed by atoms with Gasteiger partial charge in [0.2, 0.25) is 0 Å². The van der Waals surface area contributed by atoms with Crippen molar-refractivity contribution in [2.45, 2.75) is 20.1 Å². The Morgan fingerprint density at radius 1 is 1.26 bits per heavy atom. The molecule has 1 heterocycles. The van der Waals surface area contributed by atoms with Crippen LogP contribution in [-0.4, -0.2) is 13.7 Å². The molecule has 102 valence electrons. The van der Waals surface area contributed by atoms with Crippen molar-refractivity contribution < 1.29 is 9.47 Å². The van der Waals surface area contributed by atoms with Crippen LogP contribution >= 0.6 is 11.3 Å². The molecular weight excluding hydrogens is 258 g/mol. The molecule has 0 atom stereocenters. The lowest BCUT2D eigenvalue weighted by Crippen LogP contribution is -2.13. The molecule has 0 fully saturated rings. The zero-order chi connectivity index (χ0) is 13.5. The van der Waals surface area contributed by atoms with Crippen LogP contribution in [0.4, 0.5) is 0 Å². The first-order chi connectivity index (χ1) is 9.33. The minimum atomic E-state index is 0.606.